The third-order valence-electron chi connectivity index (χ3n) is 4.75. The Hall–Kier alpha value is -3.81. The number of ether oxygens (including phenoxy) is 4. The summed E-state index contributed by atoms with van der Waals surface area (Å²) in [5.74, 6) is -1.44. The van der Waals surface area contributed by atoms with E-state index in [-0.39, 0.29) is 30.6 Å². The zero-order valence-corrected chi connectivity index (χ0v) is 20.5. The van der Waals surface area contributed by atoms with Crippen molar-refractivity contribution in [1.82, 2.24) is 0 Å². The van der Waals surface area contributed by atoms with E-state index >= 15 is 0 Å². The SMILES string of the molecule is CCCCCCOc1ccc(C(=O)Nc2ccccc2O/C(=C/C(=O)OCC)C(=O)OCC)cc1. The molecule has 0 aliphatic heterocycles. The predicted molar refractivity (Wildman–Crippen MR) is 132 cm³/mol. The monoisotopic (exact) mass is 483 g/mol. The smallest absolute Gasteiger partial charge is 0.374 e. The molecule has 0 fully saturated rings. The molecule has 0 radical (unpaired) electrons. The Morgan fingerprint density at radius 2 is 1.57 bits per heavy atom. The molecule has 1 N–H and O–H groups in total. The highest BCUT2D eigenvalue weighted by molar-refractivity contribution is 6.05. The molecule has 2 aromatic rings. The number of unbranched alkanes of at least 4 members (excludes halogenated alkanes) is 3. The van der Waals surface area contributed by atoms with Crippen LogP contribution in [-0.4, -0.2) is 37.7 Å². The van der Waals surface area contributed by atoms with Gasteiger partial charge in [0, 0.05) is 5.56 Å². The zero-order valence-electron chi connectivity index (χ0n) is 20.5. The van der Waals surface area contributed by atoms with Crippen molar-refractivity contribution >= 4 is 23.5 Å². The van der Waals surface area contributed by atoms with Gasteiger partial charge in [-0.3, -0.25) is 4.79 Å². The fourth-order valence-electron chi connectivity index (χ4n) is 3.02. The van der Waals surface area contributed by atoms with Gasteiger partial charge in [-0.25, -0.2) is 9.59 Å². The first-order valence-corrected chi connectivity index (χ1v) is 11.8. The Kier molecular flexibility index (Phi) is 11.9. The van der Waals surface area contributed by atoms with E-state index in [0.717, 1.165) is 18.9 Å². The number of carbonyl (C=O) groups is 3. The van der Waals surface area contributed by atoms with Crippen LogP contribution in [0, 0.1) is 0 Å². The van der Waals surface area contributed by atoms with Crippen molar-refractivity contribution in [3.05, 3.63) is 65.9 Å². The first kappa shape index (κ1) is 27.4. The lowest BCUT2D eigenvalue weighted by Crippen LogP contribution is -2.17. The van der Waals surface area contributed by atoms with Gasteiger partial charge in [-0.2, -0.15) is 0 Å². The van der Waals surface area contributed by atoms with Gasteiger partial charge in [0.2, 0.25) is 5.76 Å². The number of anilines is 1. The van der Waals surface area contributed by atoms with E-state index in [9.17, 15) is 14.4 Å². The Labute approximate surface area is 206 Å². The molecule has 35 heavy (non-hydrogen) atoms. The van der Waals surface area contributed by atoms with Gasteiger partial charge in [0.25, 0.3) is 5.91 Å². The summed E-state index contributed by atoms with van der Waals surface area (Å²) < 4.78 is 21.2. The minimum absolute atomic E-state index is 0.0964. The minimum Gasteiger partial charge on any atom is -0.494 e. The number of hydrogen-bond donors (Lipinski definition) is 1. The second-order valence-electron chi connectivity index (χ2n) is 7.47. The fourth-order valence-corrected chi connectivity index (χ4v) is 3.02. The van der Waals surface area contributed by atoms with E-state index in [4.69, 9.17) is 18.9 Å². The first-order valence-electron chi connectivity index (χ1n) is 11.8. The Morgan fingerprint density at radius 3 is 2.26 bits per heavy atom. The summed E-state index contributed by atoms with van der Waals surface area (Å²) in [7, 11) is 0. The highest BCUT2D eigenvalue weighted by Crippen LogP contribution is 2.27. The minimum atomic E-state index is -0.827. The van der Waals surface area contributed by atoms with Crippen LogP contribution in [0.4, 0.5) is 5.69 Å². The van der Waals surface area contributed by atoms with Crippen molar-refractivity contribution < 1.29 is 33.3 Å². The quantitative estimate of drug-likeness (QED) is 0.169. The maximum Gasteiger partial charge on any atom is 0.374 e. The number of amides is 1. The summed E-state index contributed by atoms with van der Waals surface area (Å²) in [6.45, 7) is 6.32. The van der Waals surface area contributed by atoms with Crippen LogP contribution in [0.1, 0.15) is 56.8 Å². The lowest BCUT2D eigenvalue weighted by Gasteiger charge is -2.14. The van der Waals surface area contributed by atoms with Crippen LogP contribution in [-0.2, 0) is 19.1 Å². The molecular formula is C27H33NO7. The van der Waals surface area contributed by atoms with Gasteiger partial charge in [0.15, 0.2) is 5.75 Å². The van der Waals surface area contributed by atoms with Gasteiger partial charge in [-0.05, 0) is 56.7 Å². The molecule has 8 nitrogen and oxygen atoms in total. The number of carbonyl (C=O) groups excluding carboxylic acids is 3. The lowest BCUT2D eigenvalue weighted by molar-refractivity contribution is -0.143. The molecular weight excluding hydrogens is 450 g/mol. The van der Waals surface area contributed by atoms with Crippen LogP contribution in [0.2, 0.25) is 0 Å². The van der Waals surface area contributed by atoms with Crippen LogP contribution >= 0.6 is 0 Å². The third-order valence-corrected chi connectivity index (χ3v) is 4.75. The topological polar surface area (TPSA) is 100 Å². The second kappa shape index (κ2) is 15.2. The highest BCUT2D eigenvalue weighted by atomic mass is 16.6. The average molecular weight is 484 g/mol. The van der Waals surface area contributed by atoms with Crippen LogP contribution in [0.15, 0.2) is 60.4 Å². The number of benzene rings is 2. The standard InChI is InChI=1S/C27H33NO7/c1-4-7-8-11-18-34-21-16-14-20(15-17-21)26(30)28-22-12-9-10-13-23(22)35-24(27(31)33-6-3)19-25(29)32-5-2/h9-10,12-17,19H,4-8,11,18H2,1-3H3,(H,28,30)/b24-19+. The Morgan fingerprint density at radius 1 is 0.857 bits per heavy atom. The van der Waals surface area contributed by atoms with E-state index in [0.29, 0.717) is 23.6 Å². The van der Waals surface area contributed by atoms with Crippen molar-refractivity contribution in [2.75, 3.05) is 25.1 Å². The van der Waals surface area contributed by atoms with Gasteiger partial charge in [-0.1, -0.05) is 38.3 Å². The summed E-state index contributed by atoms with van der Waals surface area (Å²) in [4.78, 5) is 37.0. The molecule has 1 amide bonds. The van der Waals surface area contributed by atoms with E-state index in [2.05, 4.69) is 12.2 Å². The lowest BCUT2D eigenvalue weighted by atomic mass is 10.2. The molecule has 0 aromatic heterocycles. The number of rotatable bonds is 14. The largest absolute Gasteiger partial charge is 0.494 e. The van der Waals surface area contributed by atoms with Gasteiger partial charge in [-0.15, -0.1) is 0 Å². The van der Waals surface area contributed by atoms with Crippen molar-refractivity contribution in [2.45, 2.75) is 46.5 Å². The van der Waals surface area contributed by atoms with Gasteiger partial charge in [0.1, 0.15) is 5.75 Å². The van der Waals surface area contributed by atoms with Gasteiger partial charge < -0.3 is 24.3 Å². The summed E-state index contributed by atoms with van der Waals surface area (Å²) >= 11 is 0. The van der Waals surface area contributed by atoms with Crippen molar-refractivity contribution in [3.63, 3.8) is 0 Å². The third kappa shape index (κ3) is 9.52. The van der Waals surface area contributed by atoms with E-state index in [1.54, 1.807) is 62.4 Å². The molecule has 2 aromatic carbocycles. The maximum atomic E-state index is 12.8. The second-order valence-corrected chi connectivity index (χ2v) is 7.47. The predicted octanol–water partition coefficient (Wildman–Crippen LogP) is 5.29. The van der Waals surface area contributed by atoms with E-state index in [1.165, 1.54) is 12.8 Å². The maximum absolute atomic E-state index is 12.8. The molecule has 0 spiro atoms. The average Bonchev–Trinajstić information content (AvgIpc) is 2.85. The summed E-state index contributed by atoms with van der Waals surface area (Å²) in [6.07, 6.45) is 5.40. The molecule has 0 aliphatic rings. The van der Waals surface area contributed by atoms with Crippen molar-refractivity contribution in [2.24, 2.45) is 0 Å². The Bertz CT molecular complexity index is 999. The summed E-state index contributed by atoms with van der Waals surface area (Å²) in [5.41, 5.74) is 0.735. The van der Waals surface area contributed by atoms with Crippen molar-refractivity contribution in [3.8, 4) is 11.5 Å². The van der Waals surface area contributed by atoms with E-state index < -0.39 is 11.9 Å². The molecule has 0 bridgehead atoms. The first-order chi connectivity index (χ1) is 17.0. The van der Waals surface area contributed by atoms with Crippen LogP contribution in [0.3, 0.4) is 0 Å². The summed E-state index contributed by atoms with van der Waals surface area (Å²) in [6, 6.07) is 13.4. The molecule has 0 aliphatic carbocycles. The van der Waals surface area contributed by atoms with E-state index in [1.807, 2.05) is 0 Å². The number of para-hydroxylation sites is 2. The fraction of sp³-hybridized carbons (Fsp3) is 0.370. The number of hydrogen-bond acceptors (Lipinski definition) is 7. The normalized spacial score (nSPS) is 10.9. The van der Waals surface area contributed by atoms with Gasteiger partial charge in [0.05, 0.1) is 31.6 Å². The number of esters is 2. The molecule has 2 rings (SSSR count). The molecule has 0 saturated heterocycles. The molecule has 188 valence electrons. The Balaban J connectivity index is 2.09. The van der Waals surface area contributed by atoms with Crippen molar-refractivity contribution in [1.29, 1.82) is 0 Å². The molecule has 8 heteroatoms. The zero-order chi connectivity index (χ0) is 25.5. The van der Waals surface area contributed by atoms with Crippen LogP contribution in [0.5, 0.6) is 11.5 Å². The van der Waals surface area contributed by atoms with Crippen LogP contribution in [0.25, 0.3) is 0 Å². The highest BCUT2D eigenvalue weighted by Gasteiger charge is 2.19. The van der Waals surface area contributed by atoms with Gasteiger partial charge >= 0.3 is 11.9 Å². The number of nitrogens with one attached hydrogen (secondary N) is 1. The molecule has 0 saturated carbocycles. The molecule has 0 atom stereocenters. The van der Waals surface area contributed by atoms with Crippen LogP contribution < -0.4 is 14.8 Å². The molecule has 0 heterocycles. The molecule has 0 unspecified atom stereocenters. The summed E-state index contributed by atoms with van der Waals surface area (Å²) in [5, 5.41) is 2.77.